The van der Waals surface area contributed by atoms with Crippen molar-refractivity contribution >= 4 is 5.91 Å². The van der Waals surface area contributed by atoms with Gasteiger partial charge in [0.2, 0.25) is 5.91 Å². The molecular weight excluding hydrogens is 314 g/mol. The first kappa shape index (κ1) is 18.1. The van der Waals surface area contributed by atoms with Crippen LogP contribution in [0.2, 0.25) is 0 Å². The Morgan fingerprint density at radius 1 is 1.36 bits per heavy atom. The van der Waals surface area contributed by atoms with Crippen molar-refractivity contribution in [2.24, 2.45) is 17.8 Å². The standard InChI is InChI=1S/C20H29N3O2/c1-3-12-25-15-16-13-22(2)20(24)19-8-11-23(10-7-18(16)19)14-17-6-4-5-9-21-17/h3-6,9,16,18-19H,1,7-8,10-15H2,2H3/t16-,18-,19-/m0/s1. The molecule has 3 heterocycles. The largest absolute Gasteiger partial charge is 0.377 e. The summed E-state index contributed by atoms with van der Waals surface area (Å²) in [4.78, 5) is 21.5. The Morgan fingerprint density at radius 2 is 2.20 bits per heavy atom. The third-order valence-electron chi connectivity index (χ3n) is 5.54. The van der Waals surface area contributed by atoms with E-state index in [0.717, 1.165) is 44.7 Å². The minimum absolute atomic E-state index is 0.129. The zero-order valence-electron chi connectivity index (χ0n) is 15.1. The van der Waals surface area contributed by atoms with Crippen LogP contribution in [0.1, 0.15) is 18.5 Å². The quantitative estimate of drug-likeness (QED) is 0.587. The maximum atomic E-state index is 12.7. The van der Waals surface area contributed by atoms with Crippen LogP contribution in [-0.2, 0) is 16.1 Å². The molecule has 0 aromatic carbocycles. The fraction of sp³-hybridized carbons (Fsp3) is 0.600. The van der Waals surface area contributed by atoms with Gasteiger partial charge in [-0.2, -0.15) is 0 Å². The molecule has 0 radical (unpaired) electrons. The Labute approximate surface area is 150 Å². The summed E-state index contributed by atoms with van der Waals surface area (Å²) in [6.45, 7) is 8.65. The number of fused-ring (bicyclic) bond motifs is 1. The van der Waals surface area contributed by atoms with Crippen molar-refractivity contribution in [1.82, 2.24) is 14.8 Å². The number of ether oxygens (including phenoxy) is 1. The van der Waals surface area contributed by atoms with E-state index in [9.17, 15) is 4.79 Å². The van der Waals surface area contributed by atoms with Crippen molar-refractivity contribution in [2.45, 2.75) is 19.4 Å². The summed E-state index contributed by atoms with van der Waals surface area (Å²) >= 11 is 0. The van der Waals surface area contributed by atoms with Gasteiger partial charge < -0.3 is 9.64 Å². The Hall–Kier alpha value is -1.72. The molecule has 3 atom stereocenters. The summed E-state index contributed by atoms with van der Waals surface area (Å²) < 4.78 is 5.74. The smallest absolute Gasteiger partial charge is 0.225 e. The van der Waals surface area contributed by atoms with E-state index in [4.69, 9.17) is 4.74 Å². The number of piperidine rings is 1. The van der Waals surface area contributed by atoms with Gasteiger partial charge in [0.1, 0.15) is 0 Å². The predicted octanol–water partition coefficient (Wildman–Crippen LogP) is 2.20. The van der Waals surface area contributed by atoms with Crippen LogP contribution < -0.4 is 0 Å². The second-order valence-electron chi connectivity index (χ2n) is 7.25. The molecule has 0 unspecified atom stereocenters. The molecule has 1 amide bonds. The Morgan fingerprint density at radius 3 is 2.96 bits per heavy atom. The molecule has 2 aliphatic heterocycles. The van der Waals surface area contributed by atoms with Gasteiger partial charge in [0.05, 0.1) is 18.9 Å². The number of aromatic nitrogens is 1. The Balaban J connectivity index is 1.65. The molecule has 0 saturated carbocycles. The zero-order valence-corrected chi connectivity index (χ0v) is 15.1. The topological polar surface area (TPSA) is 45.7 Å². The van der Waals surface area contributed by atoms with E-state index in [1.165, 1.54) is 0 Å². The molecule has 3 rings (SSSR count). The van der Waals surface area contributed by atoms with Crippen molar-refractivity contribution in [1.29, 1.82) is 0 Å². The number of nitrogens with zero attached hydrogens (tertiary/aromatic N) is 3. The summed E-state index contributed by atoms with van der Waals surface area (Å²) in [7, 11) is 1.93. The zero-order chi connectivity index (χ0) is 17.6. The third-order valence-corrected chi connectivity index (χ3v) is 5.54. The highest BCUT2D eigenvalue weighted by Crippen LogP contribution is 2.36. The van der Waals surface area contributed by atoms with E-state index in [1.54, 1.807) is 6.08 Å². The third kappa shape index (κ3) is 4.47. The lowest BCUT2D eigenvalue weighted by Gasteiger charge is -2.41. The minimum atomic E-state index is 0.129. The van der Waals surface area contributed by atoms with Gasteiger partial charge in [0.15, 0.2) is 0 Å². The number of rotatable bonds is 6. The van der Waals surface area contributed by atoms with Crippen LogP contribution in [-0.4, -0.2) is 60.6 Å². The number of hydrogen-bond donors (Lipinski definition) is 0. The predicted molar refractivity (Wildman–Crippen MR) is 97.9 cm³/mol. The Bertz CT molecular complexity index is 578. The van der Waals surface area contributed by atoms with Crippen LogP contribution in [0, 0.1) is 17.8 Å². The fourth-order valence-electron chi connectivity index (χ4n) is 4.27. The summed E-state index contributed by atoms with van der Waals surface area (Å²) in [6, 6.07) is 6.05. The van der Waals surface area contributed by atoms with Crippen molar-refractivity contribution < 1.29 is 9.53 Å². The van der Waals surface area contributed by atoms with E-state index in [1.807, 2.05) is 30.3 Å². The van der Waals surface area contributed by atoms with Gasteiger partial charge in [-0.05, 0) is 44.0 Å². The van der Waals surface area contributed by atoms with Gasteiger partial charge in [-0.3, -0.25) is 14.7 Å². The lowest BCUT2D eigenvalue weighted by molar-refractivity contribution is -0.144. The highest BCUT2D eigenvalue weighted by atomic mass is 16.5. The summed E-state index contributed by atoms with van der Waals surface area (Å²) in [5, 5.41) is 0. The average Bonchev–Trinajstić information content (AvgIpc) is 2.83. The summed E-state index contributed by atoms with van der Waals surface area (Å²) in [5.41, 5.74) is 1.10. The normalized spacial score (nSPS) is 27.6. The molecule has 0 spiro atoms. The van der Waals surface area contributed by atoms with E-state index in [-0.39, 0.29) is 5.92 Å². The molecule has 0 aliphatic carbocycles. The SMILES string of the molecule is C=CCOC[C@@H]1CN(C)C(=O)[C@H]2CCN(Cc3ccccn3)CC[C@@H]12. The minimum Gasteiger partial charge on any atom is -0.377 e. The summed E-state index contributed by atoms with van der Waals surface area (Å²) in [6.07, 6.45) is 5.62. The molecule has 1 aromatic heterocycles. The lowest BCUT2D eigenvalue weighted by Crippen LogP contribution is -2.50. The van der Waals surface area contributed by atoms with Gasteiger partial charge >= 0.3 is 0 Å². The van der Waals surface area contributed by atoms with Crippen LogP contribution >= 0.6 is 0 Å². The fourth-order valence-corrected chi connectivity index (χ4v) is 4.27. The van der Waals surface area contributed by atoms with E-state index >= 15 is 0 Å². The second kappa shape index (κ2) is 8.59. The van der Waals surface area contributed by atoms with Crippen LogP contribution in [0.15, 0.2) is 37.1 Å². The number of carbonyl (C=O) groups excluding carboxylic acids is 1. The van der Waals surface area contributed by atoms with Crippen molar-refractivity contribution in [3.63, 3.8) is 0 Å². The highest BCUT2D eigenvalue weighted by molar-refractivity contribution is 5.79. The first-order chi connectivity index (χ1) is 12.2. The van der Waals surface area contributed by atoms with Crippen LogP contribution in [0.3, 0.4) is 0 Å². The average molecular weight is 343 g/mol. The van der Waals surface area contributed by atoms with E-state index in [2.05, 4.69) is 22.5 Å². The molecule has 2 saturated heterocycles. The Kier molecular flexibility index (Phi) is 6.21. The molecule has 0 N–H and O–H groups in total. The highest BCUT2D eigenvalue weighted by Gasteiger charge is 2.42. The monoisotopic (exact) mass is 343 g/mol. The number of carbonyl (C=O) groups is 1. The van der Waals surface area contributed by atoms with E-state index in [0.29, 0.717) is 31.0 Å². The molecule has 136 valence electrons. The molecule has 2 aliphatic rings. The maximum absolute atomic E-state index is 12.7. The van der Waals surface area contributed by atoms with E-state index < -0.39 is 0 Å². The first-order valence-electron chi connectivity index (χ1n) is 9.25. The molecule has 25 heavy (non-hydrogen) atoms. The van der Waals surface area contributed by atoms with Gasteiger partial charge in [-0.1, -0.05) is 12.1 Å². The van der Waals surface area contributed by atoms with Crippen LogP contribution in [0.4, 0.5) is 0 Å². The molecule has 5 heteroatoms. The number of pyridine rings is 1. The number of amides is 1. The molecule has 0 bridgehead atoms. The lowest BCUT2D eigenvalue weighted by atomic mass is 9.75. The van der Waals surface area contributed by atoms with Crippen molar-refractivity contribution in [3.05, 3.63) is 42.7 Å². The van der Waals surface area contributed by atoms with Crippen molar-refractivity contribution in [2.75, 3.05) is 39.9 Å². The molecule has 2 fully saturated rings. The first-order valence-corrected chi connectivity index (χ1v) is 9.25. The van der Waals surface area contributed by atoms with Crippen LogP contribution in [0.5, 0.6) is 0 Å². The van der Waals surface area contributed by atoms with Gasteiger partial charge in [-0.15, -0.1) is 6.58 Å². The maximum Gasteiger partial charge on any atom is 0.225 e. The van der Waals surface area contributed by atoms with Gasteiger partial charge in [0.25, 0.3) is 0 Å². The molecular formula is C20H29N3O2. The summed E-state index contributed by atoms with van der Waals surface area (Å²) in [5.74, 6) is 1.28. The molecule has 1 aromatic rings. The van der Waals surface area contributed by atoms with Crippen molar-refractivity contribution in [3.8, 4) is 0 Å². The van der Waals surface area contributed by atoms with Crippen LogP contribution in [0.25, 0.3) is 0 Å². The van der Waals surface area contributed by atoms with Gasteiger partial charge in [0, 0.05) is 38.2 Å². The van der Waals surface area contributed by atoms with Gasteiger partial charge in [-0.25, -0.2) is 0 Å². The second-order valence-corrected chi connectivity index (χ2v) is 7.25. The number of hydrogen-bond acceptors (Lipinski definition) is 4. The number of likely N-dealkylation sites (tertiary alicyclic amines) is 2. The molecule has 5 nitrogen and oxygen atoms in total.